The molecular weight excluding hydrogens is 527 g/mol. The van der Waals surface area contributed by atoms with Crippen molar-refractivity contribution in [2.75, 3.05) is 19.7 Å². The molecule has 2 amide bonds. The Kier molecular flexibility index (Phi) is 8.40. The van der Waals surface area contributed by atoms with Crippen LogP contribution < -0.4 is 5.32 Å². The van der Waals surface area contributed by atoms with Crippen molar-refractivity contribution in [1.82, 2.24) is 20.1 Å². The van der Waals surface area contributed by atoms with Crippen LogP contribution in [0.2, 0.25) is 0 Å². The monoisotopic (exact) mass is 568 g/mol. The van der Waals surface area contributed by atoms with Crippen molar-refractivity contribution < 1.29 is 28.2 Å². The van der Waals surface area contributed by atoms with E-state index in [1.807, 2.05) is 17.2 Å². The standard InChI is InChI=1S/C31H41FN4O5/c1-5-40-26(37)18-35-17-23(22-16-33-24-15-20(32)11-12-21(22)24)28-25(35)13-14-36(28)29(38)27(19-9-7-6-8-10-19)34-30(39)41-31(2,3)4/h11-16,19,23,25,27-28,33H,5-10,17-18H2,1-4H3,(H,34,39). The molecule has 1 saturated carbocycles. The highest BCUT2D eigenvalue weighted by Gasteiger charge is 2.51. The number of nitrogens with one attached hydrogen (secondary N) is 2. The Morgan fingerprint density at radius 2 is 1.93 bits per heavy atom. The first-order valence-corrected chi connectivity index (χ1v) is 14.7. The van der Waals surface area contributed by atoms with Crippen molar-refractivity contribution in [2.45, 2.75) is 89.4 Å². The van der Waals surface area contributed by atoms with E-state index in [0.717, 1.165) is 43.1 Å². The molecule has 1 saturated heterocycles. The SMILES string of the molecule is CCOC(=O)CN1CC(c2c[nH]c3cc(F)ccc23)C2C1C=CN2C(=O)C(NC(=O)OC(C)(C)C)C1CCCCC1. The third kappa shape index (κ3) is 6.27. The van der Waals surface area contributed by atoms with Crippen molar-refractivity contribution in [1.29, 1.82) is 0 Å². The number of hydrogen-bond donors (Lipinski definition) is 2. The molecule has 2 N–H and O–H groups in total. The van der Waals surface area contributed by atoms with E-state index >= 15 is 0 Å². The Hall–Kier alpha value is -3.40. The zero-order chi connectivity index (χ0) is 29.3. The Bertz CT molecular complexity index is 1310. The van der Waals surface area contributed by atoms with Gasteiger partial charge in [-0.2, -0.15) is 0 Å². The summed E-state index contributed by atoms with van der Waals surface area (Å²) in [6, 6.07) is 3.39. The quantitative estimate of drug-likeness (QED) is 0.464. The number of alkyl carbamates (subject to hydrolysis) is 1. The maximum Gasteiger partial charge on any atom is 0.408 e. The van der Waals surface area contributed by atoms with E-state index in [9.17, 15) is 18.8 Å². The summed E-state index contributed by atoms with van der Waals surface area (Å²) in [5.74, 6) is -0.996. The Labute approximate surface area is 240 Å². The van der Waals surface area contributed by atoms with E-state index in [4.69, 9.17) is 9.47 Å². The number of hydrogen-bond acceptors (Lipinski definition) is 6. The fourth-order valence-corrected chi connectivity index (χ4v) is 6.73. The molecule has 2 fully saturated rings. The molecule has 0 spiro atoms. The van der Waals surface area contributed by atoms with Gasteiger partial charge in [0.2, 0.25) is 5.91 Å². The van der Waals surface area contributed by atoms with Crippen molar-refractivity contribution in [2.24, 2.45) is 5.92 Å². The van der Waals surface area contributed by atoms with Crippen LogP contribution in [-0.2, 0) is 19.1 Å². The van der Waals surface area contributed by atoms with Gasteiger partial charge in [-0.1, -0.05) is 19.3 Å². The summed E-state index contributed by atoms with van der Waals surface area (Å²) >= 11 is 0. The number of esters is 1. The van der Waals surface area contributed by atoms with Crippen LogP contribution >= 0.6 is 0 Å². The lowest BCUT2D eigenvalue weighted by molar-refractivity contribution is -0.144. The van der Waals surface area contributed by atoms with E-state index in [0.29, 0.717) is 12.1 Å². The zero-order valence-corrected chi connectivity index (χ0v) is 24.3. The zero-order valence-electron chi connectivity index (χ0n) is 24.3. The molecule has 2 aromatic rings. The molecule has 3 aliphatic rings. The molecule has 1 aromatic carbocycles. The molecule has 222 valence electrons. The second-order valence-corrected chi connectivity index (χ2v) is 12.4. The number of amides is 2. The predicted octanol–water partition coefficient (Wildman–Crippen LogP) is 4.84. The summed E-state index contributed by atoms with van der Waals surface area (Å²) in [4.78, 5) is 46.8. The van der Waals surface area contributed by atoms with E-state index in [-0.39, 0.29) is 54.8 Å². The van der Waals surface area contributed by atoms with Gasteiger partial charge in [0, 0.05) is 35.8 Å². The van der Waals surface area contributed by atoms with Crippen LogP contribution in [0.15, 0.2) is 36.7 Å². The number of H-pyrrole nitrogens is 1. The van der Waals surface area contributed by atoms with Crippen molar-refractivity contribution in [3.63, 3.8) is 0 Å². The van der Waals surface area contributed by atoms with Gasteiger partial charge < -0.3 is 24.7 Å². The molecule has 4 unspecified atom stereocenters. The van der Waals surface area contributed by atoms with Gasteiger partial charge in [-0.15, -0.1) is 0 Å². The largest absolute Gasteiger partial charge is 0.465 e. The first-order valence-electron chi connectivity index (χ1n) is 14.7. The minimum Gasteiger partial charge on any atom is -0.465 e. The lowest BCUT2D eigenvalue weighted by atomic mass is 9.83. The third-order valence-corrected chi connectivity index (χ3v) is 8.41. The Morgan fingerprint density at radius 3 is 2.63 bits per heavy atom. The molecule has 2 aliphatic heterocycles. The topological polar surface area (TPSA) is 104 Å². The van der Waals surface area contributed by atoms with Crippen molar-refractivity contribution >= 4 is 28.9 Å². The number of aromatic amines is 1. The lowest BCUT2D eigenvalue weighted by Crippen LogP contribution is -2.55. The van der Waals surface area contributed by atoms with Crippen LogP contribution in [0.3, 0.4) is 0 Å². The highest BCUT2D eigenvalue weighted by atomic mass is 19.1. The molecule has 0 bridgehead atoms. The number of nitrogens with zero attached hydrogens (tertiary/aromatic N) is 2. The first-order chi connectivity index (χ1) is 19.6. The second-order valence-electron chi connectivity index (χ2n) is 12.4. The predicted molar refractivity (Wildman–Crippen MR) is 152 cm³/mol. The number of carbonyl (C=O) groups excluding carboxylic acids is 3. The smallest absolute Gasteiger partial charge is 0.408 e. The summed E-state index contributed by atoms with van der Waals surface area (Å²) in [7, 11) is 0. The fraction of sp³-hybridized carbons (Fsp3) is 0.581. The van der Waals surface area contributed by atoms with Gasteiger partial charge in [0.1, 0.15) is 17.5 Å². The van der Waals surface area contributed by atoms with Crippen LogP contribution in [0.25, 0.3) is 10.9 Å². The molecule has 4 atom stereocenters. The number of ether oxygens (including phenoxy) is 2. The maximum atomic E-state index is 14.4. The Morgan fingerprint density at radius 1 is 1.17 bits per heavy atom. The number of rotatable bonds is 7. The minimum absolute atomic E-state index is 0.00257. The maximum absolute atomic E-state index is 14.4. The van der Waals surface area contributed by atoms with Crippen LogP contribution in [0, 0.1) is 11.7 Å². The van der Waals surface area contributed by atoms with Gasteiger partial charge in [-0.3, -0.25) is 14.5 Å². The van der Waals surface area contributed by atoms with Crippen LogP contribution in [-0.4, -0.2) is 76.2 Å². The van der Waals surface area contributed by atoms with Crippen LogP contribution in [0.4, 0.5) is 9.18 Å². The van der Waals surface area contributed by atoms with Gasteiger partial charge in [0.05, 0.1) is 25.2 Å². The molecule has 9 nitrogen and oxygen atoms in total. The summed E-state index contributed by atoms with van der Waals surface area (Å²) in [5.41, 5.74) is 0.940. The van der Waals surface area contributed by atoms with Crippen LogP contribution in [0.5, 0.6) is 0 Å². The number of likely N-dealkylation sites (tertiary alicyclic amines) is 1. The normalized spacial score (nSPS) is 23.9. The summed E-state index contributed by atoms with van der Waals surface area (Å²) in [5, 5.41) is 3.80. The van der Waals surface area contributed by atoms with Crippen molar-refractivity contribution in [3.8, 4) is 0 Å². The number of aromatic nitrogens is 1. The molecule has 10 heteroatoms. The number of halogens is 1. The number of fused-ring (bicyclic) bond motifs is 2. The van der Waals surface area contributed by atoms with Gasteiger partial charge in [0.15, 0.2) is 0 Å². The van der Waals surface area contributed by atoms with Gasteiger partial charge in [-0.25, -0.2) is 9.18 Å². The average molecular weight is 569 g/mol. The van der Waals surface area contributed by atoms with Crippen LogP contribution in [0.1, 0.15) is 71.3 Å². The molecular formula is C31H41FN4O5. The van der Waals surface area contributed by atoms with E-state index in [2.05, 4.69) is 10.3 Å². The molecule has 5 rings (SSSR count). The first kappa shape index (κ1) is 29.1. The summed E-state index contributed by atoms with van der Waals surface area (Å²) < 4.78 is 24.8. The van der Waals surface area contributed by atoms with E-state index in [1.165, 1.54) is 12.1 Å². The molecule has 41 heavy (non-hydrogen) atoms. The van der Waals surface area contributed by atoms with Crippen molar-refractivity contribution in [3.05, 3.63) is 48.1 Å². The molecule has 0 radical (unpaired) electrons. The number of carbonyl (C=O) groups is 3. The molecule has 1 aromatic heterocycles. The van der Waals surface area contributed by atoms with Gasteiger partial charge in [0.25, 0.3) is 0 Å². The molecule has 3 heterocycles. The summed E-state index contributed by atoms with van der Waals surface area (Å²) in [6.07, 6.45) is 9.86. The van der Waals surface area contributed by atoms with E-state index < -0.39 is 17.7 Å². The van der Waals surface area contributed by atoms with Gasteiger partial charge >= 0.3 is 12.1 Å². The summed E-state index contributed by atoms with van der Waals surface area (Å²) in [6.45, 7) is 8.07. The number of benzene rings is 1. The van der Waals surface area contributed by atoms with E-state index in [1.54, 1.807) is 44.9 Å². The lowest BCUT2D eigenvalue weighted by Gasteiger charge is -2.36. The molecule has 1 aliphatic carbocycles. The highest BCUT2D eigenvalue weighted by molar-refractivity contribution is 5.88. The fourth-order valence-electron chi connectivity index (χ4n) is 6.73. The van der Waals surface area contributed by atoms with Gasteiger partial charge in [-0.05, 0) is 76.3 Å². The third-order valence-electron chi connectivity index (χ3n) is 8.41. The highest BCUT2D eigenvalue weighted by Crippen LogP contribution is 2.43. The Balaban J connectivity index is 1.47. The minimum atomic E-state index is -0.731. The second kappa shape index (κ2) is 11.8. The average Bonchev–Trinajstić information content (AvgIpc) is 3.61.